The predicted octanol–water partition coefficient (Wildman–Crippen LogP) is 2.55. The highest BCUT2D eigenvalue weighted by Gasteiger charge is 2.13. The summed E-state index contributed by atoms with van der Waals surface area (Å²) in [6.45, 7) is 0. The van der Waals surface area contributed by atoms with Crippen molar-refractivity contribution in [1.82, 2.24) is 9.55 Å². The lowest BCUT2D eigenvalue weighted by Crippen LogP contribution is -1.94. The Bertz CT molecular complexity index is 491. The van der Waals surface area contributed by atoms with Crippen LogP contribution in [0.2, 0.25) is 5.15 Å². The monoisotopic (exact) mass is 220 g/mol. The molecule has 2 aromatic rings. The summed E-state index contributed by atoms with van der Waals surface area (Å²) in [5.41, 5.74) is 1.55. The first-order valence-electron chi connectivity index (χ1n) is 4.47. The zero-order valence-corrected chi connectivity index (χ0v) is 8.90. The van der Waals surface area contributed by atoms with Crippen LogP contribution in [0.5, 0.6) is 0 Å². The molecule has 0 N–H and O–H groups in total. The summed E-state index contributed by atoms with van der Waals surface area (Å²) >= 11 is 6.07. The number of benzene rings is 1. The van der Waals surface area contributed by atoms with E-state index in [1.165, 1.54) is 0 Å². The van der Waals surface area contributed by atoms with Gasteiger partial charge in [-0.3, -0.25) is 4.79 Å². The molecule has 76 valence electrons. The number of aldehydes is 1. The van der Waals surface area contributed by atoms with Crippen LogP contribution in [0.3, 0.4) is 0 Å². The molecule has 4 heteroatoms. The van der Waals surface area contributed by atoms with E-state index in [0.717, 1.165) is 5.56 Å². The molecule has 1 aromatic carbocycles. The van der Waals surface area contributed by atoms with E-state index in [2.05, 4.69) is 4.98 Å². The standard InChI is InChI=1S/C11H9ClN2O/c1-14-9(7-15)13-10(11(14)12)8-5-3-2-4-6-8/h2-7H,1H3. The Morgan fingerprint density at radius 3 is 2.53 bits per heavy atom. The number of carbonyl (C=O) groups is 1. The van der Waals surface area contributed by atoms with Crippen molar-refractivity contribution in [3.63, 3.8) is 0 Å². The fraction of sp³-hybridized carbons (Fsp3) is 0.0909. The molecule has 1 heterocycles. The highest BCUT2D eigenvalue weighted by atomic mass is 35.5. The Balaban J connectivity index is 2.59. The Hall–Kier alpha value is -1.61. The van der Waals surface area contributed by atoms with E-state index >= 15 is 0 Å². The van der Waals surface area contributed by atoms with Crippen molar-refractivity contribution in [3.8, 4) is 11.3 Å². The fourth-order valence-electron chi connectivity index (χ4n) is 1.38. The van der Waals surface area contributed by atoms with Crippen LogP contribution in [0, 0.1) is 0 Å². The Morgan fingerprint density at radius 2 is 2.00 bits per heavy atom. The van der Waals surface area contributed by atoms with E-state index < -0.39 is 0 Å². The maximum atomic E-state index is 10.7. The molecule has 1 aromatic heterocycles. The van der Waals surface area contributed by atoms with Gasteiger partial charge in [0.25, 0.3) is 0 Å². The molecule has 0 aliphatic carbocycles. The van der Waals surface area contributed by atoms with Crippen molar-refractivity contribution >= 4 is 17.9 Å². The van der Waals surface area contributed by atoms with Gasteiger partial charge >= 0.3 is 0 Å². The molecule has 0 bridgehead atoms. The van der Waals surface area contributed by atoms with Gasteiger partial charge in [-0.15, -0.1) is 0 Å². The summed E-state index contributed by atoms with van der Waals surface area (Å²) < 4.78 is 1.57. The molecule has 0 aliphatic heterocycles. The maximum Gasteiger partial charge on any atom is 0.185 e. The third-order valence-corrected chi connectivity index (χ3v) is 2.65. The molecule has 0 saturated heterocycles. The molecule has 3 nitrogen and oxygen atoms in total. The summed E-state index contributed by atoms with van der Waals surface area (Å²) in [5.74, 6) is 0.332. The quantitative estimate of drug-likeness (QED) is 0.729. The van der Waals surface area contributed by atoms with Gasteiger partial charge < -0.3 is 4.57 Å². The smallest absolute Gasteiger partial charge is 0.185 e. The zero-order chi connectivity index (χ0) is 10.8. The summed E-state index contributed by atoms with van der Waals surface area (Å²) in [5, 5.41) is 0.475. The molecule has 0 fully saturated rings. The molecule has 0 atom stereocenters. The highest BCUT2D eigenvalue weighted by Crippen LogP contribution is 2.26. The van der Waals surface area contributed by atoms with Crippen LogP contribution >= 0.6 is 11.6 Å². The van der Waals surface area contributed by atoms with Crippen molar-refractivity contribution in [3.05, 3.63) is 41.3 Å². The van der Waals surface area contributed by atoms with Crippen LogP contribution in [0.25, 0.3) is 11.3 Å². The lowest BCUT2D eigenvalue weighted by Gasteiger charge is -1.97. The minimum Gasteiger partial charge on any atom is -0.315 e. The topological polar surface area (TPSA) is 34.9 Å². The van der Waals surface area contributed by atoms with Crippen LogP contribution in [-0.4, -0.2) is 15.8 Å². The predicted molar refractivity (Wildman–Crippen MR) is 59.0 cm³/mol. The SMILES string of the molecule is Cn1c(C=O)nc(-c2ccccc2)c1Cl. The lowest BCUT2D eigenvalue weighted by molar-refractivity contribution is 0.111. The lowest BCUT2D eigenvalue weighted by atomic mass is 10.2. The van der Waals surface area contributed by atoms with Crippen molar-refractivity contribution in [1.29, 1.82) is 0 Å². The van der Waals surface area contributed by atoms with E-state index in [9.17, 15) is 4.79 Å². The number of carbonyl (C=O) groups excluding carboxylic acids is 1. The number of aromatic nitrogens is 2. The van der Waals surface area contributed by atoms with E-state index in [4.69, 9.17) is 11.6 Å². The molecule has 0 radical (unpaired) electrons. The number of halogens is 1. The van der Waals surface area contributed by atoms with E-state index in [1.54, 1.807) is 11.6 Å². The minimum absolute atomic E-state index is 0.332. The van der Waals surface area contributed by atoms with Crippen molar-refractivity contribution in [2.45, 2.75) is 0 Å². The van der Waals surface area contributed by atoms with Crippen LogP contribution in [0.4, 0.5) is 0 Å². The van der Waals surface area contributed by atoms with E-state index in [-0.39, 0.29) is 0 Å². The number of rotatable bonds is 2. The minimum atomic E-state index is 0.332. The maximum absolute atomic E-state index is 10.7. The van der Waals surface area contributed by atoms with Gasteiger partial charge in [0, 0.05) is 12.6 Å². The first kappa shape index (κ1) is 9.93. The highest BCUT2D eigenvalue weighted by molar-refractivity contribution is 6.32. The normalized spacial score (nSPS) is 10.3. The largest absolute Gasteiger partial charge is 0.315 e. The van der Waals surface area contributed by atoms with Gasteiger partial charge in [-0.05, 0) is 0 Å². The van der Waals surface area contributed by atoms with Gasteiger partial charge in [0.05, 0.1) is 0 Å². The summed E-state index contributed by atoms with van der Waals surface area (Å²) in [7, 11) is 1.71. The molecule has 0 spiro atoms. The van der Waals surface area contributed by atoms with Gasteiger partial charge in [-0.2, -0.15) is 0 Å². The molecular weight excluding hydrogens is 212 g/mol. The Kier molecular flexibility index (Phi) is 2.56. The first-order valence-corrected chi connectivity index (χ1v) is 4.84. The van der Waals surface area contributed by atoms with Gasteiger partial charge in [0.15, 0.2) is 12.1 Å². The second kappa shape index (κ2) is 3.87. The average Bonchev–Trinajstić information content (AvgIpc) is 2.57. The van der Waals surface area contributed by atoms with Crippen molar-refractivity contribution in [2.24, 2.45) is 7.05 Å². The average molecular weight is 221 g/mol. The molecule has 0 saturated carbocycles. The van der Waals surface area contributed by atoms with E-state index in [0.29, 0.717) is 23.0 Å². The molecular formula is C11H9ClN2O. The Morgan fingerprint density at radius 1 is 1.33 bits per heavy atom. The van der Waals surface area contributed by atoms with Crippen LogP contribution in [0.15, 0.2) is 30.3 Å². The number of nitrogens with zero attached hydrogens (tertiary/aromatic N) is 2. The van der Waals surface area contributed by atoms with Crippen molar-refractivity contribution in [2.75, 3.05) is 0 Å². The first-order chi connectivity index (χ1) is 7.24. The molecule has 0 aliphatic rings. The number of hydrogen-bond donors (Lipinski definition) is 0. The second-order valence-electron chi connectivity index (χ2n) is 3.15. The molecule has 0 amide bonds. The summed E-state index contributed by atoms with van der Waals surface area (Å²) in [4.78, 5) is 14.8. The van der Waals surface area contributed by atoms with Crippen LogP contribution < -0.4 is 0 Å². The Labute approximate surface area is 92.3 Å². The van der Waals surface area contributed by atoms with Crippen LogP contribution in [-0.2, 0) is 7.05 Å². The van der Waals surface area contributed by atoms with Gasteiger partial charge in [-0.1, -0.05) is 41.9 Å². The van der Waals surface area contributed by atoms with Gasteiger partial charge in [0.1, 0.15) is 10.8 Å². The van der Waals surface area contributed by atoms with Crippen molar-refractivity contribution < 1.29 is 4.79 Å². The summed E-state index contributed by atoms with van der Waals surface area (Å²) in [6.07, 6.45) is 0.693. The number of imidazole rings is 1. The second-order valence-corrected chi connectivity index (χ2v) is 3.51. The molecule has 15 heavy (non-hydrogen) atoms. The number of hydrogen-bond acceptors (Lipinski definition) is 2. The molecule has 2 rings (SSSR count). The van der Waals surface area contributed by atoms with Gasteiger partial charge in [0.2, 0.25) is 0 Å². The summed E-state index contributed by atoms with van der Waals surface area (Å²) in [6, 6.07) is 9.54. The zero-order valence-electron chi connectivity index (χ0n) is 8.14. The third kappa shape index (κ3) is 1.66. The van der Waals surface area contributed by atoms with E-state index in [1.807, 2.05) is 30.3 Å². The third-order valence-electron chi connectivity index (χ3n) is 2.21. The molecule has 0 unspecified atom stereocenters. The fourth-order valence-corrected chi connectivity index (χ4v) is 1.62. The van der Waals surface area contributed by atoms with Crippen LogP contribution in [0.1, 0.15) is 10.6 Å². The van der Waals surface area contributed by atoms with Gasteiger partial charge in [-0.25, -0.2) is 4.98 Å².